The Morgan fingerprint density at radius 1 is 0.978 bits per heavy atom. The van der Waals surface area contributed by atoms with Gasteiger partial charge in [-0.15, -0.1) is 0 Å². The zero-order chi connectivity index (χ0) is 32.3. The number of nitrogen functional groups attached to an aromatic ring is 1. The Labute approximate surface area is 265 Å². The fourth-order valence-electron chi connectivity index (χ4n) is 6.68. The fourth-order valence-corrected chi connectivity index (χ4v) is 6.68. The first-order valence-corrected chi connectivity index (χ1v) is 16.1. The number of carbonyl (C=O) groups is 2. The van der Waals surface area contributed by atoms with Gasteiger partial charge in [-0.2, -0.15) is 18.3 Å². The summed E-state index contributed by atoms with van der Waals surface area (Å²) in [5.41, 5.74) is 9.26. The highest BCUT2D eigenvalue weighted by atomic mass is 19.4. The van der Waals surface area contributed by atoms with Crippen LogP contribution in [-0.2, 0) is 17.4 Å². The normalized spacial score (nSPS) is 19.8. The molecule has 0 saturated heterocycles. The first-order chi connectivity index (χ1) is 22.2. The highest BCUT2D eigenvalue weighted by Crippen LogP contribution is 2.40. The maximum atomic E-state index is 13.1. The van der Waals surface area contributed by atoms with Crippen LogP contribution in [0.5, 0.6) is 0 Å². The molecule has 6 rings (SSSR count). The smallest absolute Gasteiger partial charge is 0.383 e. The third kappa shape index (κ3) is 6.85. The molecule has 12 heteroatoms. The third-order valence-electron chi connectivity index (χ3n) is 9.11. The Morgan fingerprint density at radius 3 is 2.52 bits per heavy atom. The second-order valence-corrected chi connectivity index (χ2v) is 12.3. The van der Waals surface area contributed by atoms with Crippen molar-refractivity contribution < 1.29 is 22.8 Å². The highest BCUT2D eigenvalue weighted by molar-refractivity contribution is 6.05. The number of rotatable bonds is 3. The number of halogens is 3. The van der Waals surface area contributed by atoms with Crippen molar-refractivity contribution in [2.75, 3.05) is 17.6 Å². The Hall–Kier alpha value is -4.48. The lowest BCUT2D eigenvalue weighted by atomic mass is 9.85. The molecule has 4 N–H and O–H groups in total. The number of anilines is 2. The summed E-state index contributed by atoms with van der Waals surface area (Å²) < 4.78 is 41.4. The summed E-state index contributed by atoms with van der Waals surface area (Å²) in [6.45, 7) is 0.714. The van der Waals surface area contributed by atoms with Gasteiger partial charge in [0.2, 0.25) is 5.91 Å². The number of nitrogens with two attached hydrogens (primary N) is 1. The number of alkyl halides is 3. The predicted molar refractivity (Wildman–Crippen MR) is 170 cm³/mol. The van der Waals surface area contributed by atoms with Gasteiger partial charge in [0.25, 0.3) is 5.91 Å². The number of amides is 2. The molecular formula is C34H38F3N7O2. The Kier molecular flexibility index (Phi) is 9.23. The molecule has 0 spiro atoms. The number of nitrogens with zero attached hydrogens (tertiary/aromatic N) is 4. The first-order valence-electron chi connectivity index (χ1n) is 16.1. The van der Waals surface area contributed by atoms with Gasteiger partial charge in [-0.3, -0.25) is 14.3 Å². The molecule has 1 saturated carbocycles. The van der Waals surface area contributed by atoms with Gasteiger partial charge in [0, 0.05) is 36.0 Å². The van der Waals surface area contributed by atoms with Crippen LogP contribution in [0.1, 0.15) is 91.7 Å². The molecule has 1 fully saturated rings. The average Bonchev–Trinajstić information content (AvgIpc) is 3.46. The summed E-state index contributed by atoms with van der Waals surface area (Å²) in [6.07, 6.45) is 9.01. The molecule has 2 amide bonds. The third-order valence-corrected chi connectivity index (χ3v) is 9.11. The molecule has 242 valence electrons. The van der Waals surface area contributed by atoms with Crippen LogP contribution < -0.4 is 16.4 Å². The number of benzene rings is 1. The maximum Gasteiger partial charge on any atom is 0.416 e. The Bertz CT molecular complexity index is 1720. The van der Waals surface area contributed by atoms with Gasteiger partial charge < -0.3 is 16.4 Å². The van der Waals surface area contributed by atoms with Gasteiger partial charge in [0.1, 0.15) is 17.3 Å². The SMILES string of the molecule is Nc1ncc2c3c1c(-c1ccc(C(=O)Nc4cc(C(F)(F)F)ccn4)cc1)nn3[C@@H]1CCC[C@H](C1)C(=O)NCCCCCCCC2. The molecule has 3 aromatic heterocycles. The predicted octanol–water partition coefficient (Wildman–Crippen LogP) is 7.09. The maximum absolute atomic E-state index is 13.1. The molecule has 2 bridgehead atoms. The van der Waals surface area contributed by atoms with E-state index in [1.807, 2.05) is 6.20 Å². The Balaban J connectivity index is 1.33. The van der Waals surface area contributed by atoms with Crippen molar-refractivity contribution in [1.29, 1.82) is 0 Å². The van der Waals surface area contributed by atoms with E-state index in [1.165, 1.54) is 0 Å². The van der Waals surface area contributed by atoms with Gasteiger partial charge in [-0.1, -0.05) is 44.2 Å². The van der Waals surface area contributed by atoms with E-state index in [9.17, 15) is 22.8 Å². The van der Waals surface area contributed by atoms with Crippen molar-refractivity contribution in [1.82, 2.24) is 25.1 Å². The number of aryl methyl sites for hydroxylation is 1. The van der Waals surface area contributed by atoms with Crippen LogP contribution in [-0.4, -0.2) is 38.1 Å². The van der Waals surface area contributed by atoms with Crippen molar-refractivity contribution in [3.8, 4) is 11.3 Å². The first kappa shape index (κ1) is 31.5. The van der Waals surface area contributed by atoms with Gasteiger partial charge in [0.05, 0.1) is 22.5 Å². The molecule has 2 aliphatic rings. The molecule has 1 aliphatic heterocycles. The van der Waals surface area contributed by atoms with E-state index in [1.54, 1.807) is 24.3 Å². The van der Waals surface area contributed by atoms with E-state index in [-0.39, 0.29) is 29.2 Å². The summed E-state index contributed by atoms with van der Waals surface area (Å²) in [4.78, 5) is 34.4. The van der Waals surface area contributed by atoms with Gasteiger partial charge in [-0.25, -0.2) is 9.97 Å². The minimum absolute atomic E-state index is 0.0132. The molecule has 0 unspecified atom stereocenters. The highest BCUT2D eigenvalue weighted by Gasteiger charge is 2.32. The molecular weight excluding hydrogens is 595 g/mol. The van der Waals surface area contributed by atoms with E-state index in [2.05, 4.69) is 25.3 Å². The monoisotopic (exact) mass is 633 g/mol. The molecule has 0 radical (unpaired) electrons. The van der Waals surface area contributed by atoms with Gasteiger partial charge in [0.15, 0.2) is 0 Å². The quantitative estimate of drug-likeness (QED) is 0.221. The number of aromatic nitrogens is 4. The summed E-state index contributed by atoms with van der Waals surface area (Å²) >= 11 is 0. The van der Waals surface area contributed by atoms with Crippen LogP contribution in [0.4, 0.5) is 24.8 Å². The standard InChI is InChI=1S/C34H38F3N7O2/c35-34(36,37)25-15-17-39-27(19-25)42-33(46)22-13-11-21(12-14-22)29-28-30-24(20-41-31(28)38)8-5-3-1-2-4-6-16-40-32(45)23-9-7-10-26(18-23)44(30)43-29/h11-15,17,19-20,23,26H,1-10,16,18H2,(H2,38,41)(H,40,45)(H,39,42,46)/t23-,26-/m1/s1. The average molecular weight is 634 g/mol. The molecule has 1 aromatic carbocycles. The molecule has 9 nitrogen and oxygen atoms in total. The lowest BCUT2D eigenvalue weighted by Gasteiger charge is -2.29. The summed E-state index contributed by atoms with van der Waals surface area (Å²) in [5.74, 6) is -0.393. The minimum atomic E-state index is -4.55. The van der Waals surface area contributed by atoms with E-state index < -0.39 is 17.6 Å². The zero-order valence-electron chi connectivity index (χ0n) is 25.6. The molecule has 4 heterocycles. The van der Waals surface area contributed by atoms with Crippen molar-refractivity contribution >= 4 is 34.4 Å². The van der Waals surface area contributed by atoms with Crippen molar-refractivity contribution in [2.24, 2.45) is 5.92 Å². The number of fused-ring (bicyclic) bond motifs is 3. The van der Waals surface area contributed by atoms with Crippen LogP contribution >= 0.6 is 0 Å². The van der Waals surface area contributed by atoms with E-state index >= 15 is 0 Å². The van der Waals surface area contributed by atoms with Gasteiger partial charge >= 0.3 is 6.18 Å². The van der Waals surface area contributed by atoms with Crippen LogP contribution in [0.3, 0.4) is 0 Å². The van der Waals surface area contributed by atoms with E-state index in [0.29, 0.717) is 24.5 Å². The lowest BCUT2D eigenvalue weighted by molar-refractivity contribution is -0.137. The molecule has 2 atom stereocenters. The number of pyridine rings is 2. The van der Waals surface area contributed by atoms with Crippen molar-refractivity contribution in [3.63, 3.8) is 0 Å². The molecule has 4 aromatic rings. The summed E-state index contributed by atoms with van der Waals surface area (Å²) in [7, 11) is 0. The Morgan fingerprint density at radius 2 is 1.74 bits per heavy atom. The van der Waals surface area contributed by atoms with E-state index in [4.69, 9.17) is 10.8 Å². The summed E-state index contributed by atoms with van der Waals surface area (Å²) in [5, 5.41) is 11.5. The second kappa shape index (κ2) is 13.5. The second-order valence-electron chi connectivity index (χ2n) is 12.3. The van der Waals surface area contributed by atoms with Crippen molar-refractivity contribution in [3.05, 3.63) is 65.5 Å². The number of carbonyl (C=O) groups excluding carboxylic acids is 2. The largest absolute Gasteiger partial charge is 0.416 e. The molecule has 46 heavy (non-hydrogen) atoms. The van der Waals surface area contributed by atoms with Crippen molar-refractivity contribution in [2.45, 2.75) is 82.8 Å². The van der Waals surface area contributed by atoms with Crippen LogP contribution in [0.2, 0.25) is 0 Å². The topological polar surface area (TPSA) is 128 Å². The van der Waals surface area contributed by atoms with E-state index in [0.717, 1.165) is 105 Å². The van der Waals surface area contributed by atoms with Gasteiger partial charge in [-0.05, 0) is 68.4 Å². The molecule has 1 aliphatic carbocycles. The number of nitrogens with one attached hydrogen (secondary N) is 2. The number of hydrogen-bond acceptors (Lipinski definition) is 6. The zero-order valence-corrected chi connectivity index (χ0v) is 25.6. The van der Waals surface area contributed by atoms with Crippen LogP contribution in [0, 0.1) is 5.92 Å². The van der Waals surface area contributed by atoms with Crippen LogP contribution in [0.25, 0.3) is 22.2 Å². The lowest BCUT2D eigenvalue weighted by Crippen LogP contribution is -2.35. The summed E-state index contributed by atoms with van der Waals surface area (Å²) in [6, 6.07) is 8.35. The number of hydrogen-bond donors (Lipinski definition) is 3. The van der Waals surface area contributed by atoms with Crippen LogP contribution in [0.15, 0.2) is 48.8 Å². The minimum Gasteiger partial charge on any atom is -0.383 e. The fraction of sp³-hybridized carbons (Fsp3) is 0.441.